The first-order chi connectivity index (χ1) is 12.5. The maximum atomic E-state index is 8.48. The topological polar surface area (TPSA) is 90.4 Å². The van der Waals surface area contributed by atoms with Crippen molar-refractivity contribution in [2.75, 3.05) is 7.05 Å². The van der Waals surface area contributed by atoms with Crippen molar-refractivity contribution >= 4 is 22.3 Å². The average molecular weight is 346 g/mol. The summed E-state index contributed by atoms with van der Waals surface area (Å²) < 4.78 is 1.38. The lowest BCUT2D eigenvalue weighted by atomic mass is 10.0. The Morgan fingerprint density at radius 1 is 1.27 bits per heavy atom. The van der Waals surface area contributed by atoms with E-state index in [0.717, 1.165) is 33.3 Å². The van der Waals surface area contributed by atoms with Crippen molar-refractivity contribution in [3.05, 3.63) is 71.1 Å². The Balaban J connectivity index is 1.95. The molecule has 6 nitrogen and oxygen atoms in total. The van der Waals surface area contributed by atoms with Gasteiger partial charge in [0.15, 0.2) is 0 Å². The van der Waals surface area contributed by atoms with Crippen molar-refractivity contribution in [1.82, 2.24) is 20.1 Å². The van der Waals surface area contributed by atoms with Crippen LogP contribution in [0.3, 0.4) is 0 Å². The molecule has 6 heteroatoms. The van der Waals surface area contributed by atoms with Gasteiger partial charge >= 0.3 is 0 Å². The first kappa shape index (κ1) is 17.5. The summed E-state index contributed by atoms with van der Waals surface area (Å²) in [6.07, 6.45) is 4.03. The maximum absolute atomic E-state index is 8.48. The molecule has 2 aromatic heterocycles. The van der Waals surface area contributed by atoms with Crippen LogP contribution < -0.4 is 10.8 Å². The minimum atomic E-state index is 0.191. The highest BCUT2D eigenvalue weighted by Gasteiger charge is 2.10. The molecule has 0 aliphatic heterocycles. The number of rotatable bonds is 4. The number of hydrogen-bond acceptors (Lipinski definition) is 5. The molecule has 2 heterocycles. The number of nitrogens with one attached hydrogen (secondary N) is 3. The van der Waals surface area contributed by atoms with Crippen molar-refractivity contribution in [1.29, 1.82) is 10.8 Å². The van der Waals surface area contributed by atoms with Crippen LogP contribution in [0.5, 0.6) is 0 Å². The van der Waals surface area contributed by atoms with Crippen molar-refractivity contribution in [3.63, 3.8) is 0 Å². The van der Waals surface area contributed by atoms with Crippen LogP contribution in [0, 0.1) is 17.7 Å². The first-order valence-corrected chi connectivity index (χ1v) is 8.41. The van der Waals surface area contributed by atoms with Crippen LogP contribution in [-0.2, 0) is 6.42 Å². The lowest BCUT2D eigenvalue weighted by Crippen LogP contribution is -2.30. The van der Waals surface area contributed by atoms with E-state index in [1.54, 1.807) is 18.3 Å². The standard InChI is InChI=1S/C20H22N6/c1-13-9-18-15(5-4-8-24-18)10-16(13)11-20(22)26-19(21)7-6-17(25-26)14(2)12-23-3/h4-10,12,21-23H,11H2,1-3H3/b14-12+,21-19?,22-20?. The van der Waals surface area contributed by atoms with Gasteiger partial charge in [-0.15, -0.1) is 0 Å². The number of hydrogen-bond donors (Lipinski definition) is 3. The highest BCUT2D eigenvalue weighted by atomic mass is 15.3. The van der Waals surface area contributed by atoms with Crippen LogP contribution in [0.15, 0.2) is 48.8 Å². The summed E-state index contributed by atoms with van der Waals surface area (Å²) in [5, 5.41) is 25.1. The number of aryl methyl sites for hydroxylation is 1. The number of allylic oxidation sites excluding steroid dienone is 1. The van der Waals surface area contributed by atoms with E-state index in [4.69, 9.17) is 10.8 Å². The van der Waals surface area contributed by atoms with Crippen molar-refractivity contribution < 1.29 is 0 Å². The van der Waals surface area contributed by atoms with Gasteiger partial charge in [0.25, 0.3) is 0 Å². The van der Waals surface area contributed by atoms with Crippen LogP contribution in [-0.4, -0.2) is 27.6 Å². The zero-order chi connectivity index (χ0) is 18.7. The maximum Gasteiger partial charge on any atom is 0.148 e. The summed E-state index contributed by atoms with van der Waals surface area (Å²) in [5.74, 6) is 0.264. The molecular weight excluding hydrogens is 324 g/mol. The van der Waals surface area contributed by atoms with Gasteiger partial charge in [0.2, 0.25) is 0 Å². The molecule has 0 bridgehead atoms. The van der Waals surface area contributed by atoms with Gasteiger partial charge in [0.05, 0.1) is 11.2 Å². The predicted molar refractivity (Wildman–Crippen MR) is 104 cm³/mol. The normalized spacial score (nSPS) is 11.6. The fourth-order valence-electron chi connectivity index (χ4n) is 2.85. The molecule has 3 N–H and O–H groups in total. The Kier molecular flexibility index (Phi) is 4.93. The molecule has 3 rings (SSSR count). The Labute approximate surface area is 152 Å². The first-order valence-electron chi connectivity index (χ1n) is 8.41. The van der Waals surface area contributed by atoms with Gasteiger partial charge < -0.3 is 5.32 Å². The van der Waals surface area contributed by atoms with Crippen molar-refractivity contribution in [2.24, 2.45) is 0 Å². The van der Waals surface area contributed by atoms with Gasteiger partial charge in [-0.25, -0.2) is 4.68 Å². The van der Waals surface area contributed by atoms with Crippen LogP contribution in [0.25, 0.3) is 16.5 Å². The minimum Gasteiger partial charge on any atom is -0.394 e. The molecule has 0 saturated carbocycles. The van der Waals surface area contributed by atoms with Crippen LogP contribution in [0.4, 0.5) is 0 Å². The van der Waals surface area contributed by atoms with Crippen LogP contribution in [0.1, 0.15) is 23.7 Å². The summed E-state index contributed by atoms with van der Waals surface area (Å²) in [4.78, 5) is 4.37. The number of pyridine rings is 1. The largest absolute Gasteiger partial charge is 0.394 e. The number of aromatic nitrogens is 3. The van der Waals surface area contributed by atoms with E-state index in [1.807, 2.05) is 45.3 Å². The molecule has 1 aromatic carbocycles. The van der Waals surface area contributed by atoms with Gasteiger partial charge in [-0.05, 0) is 60.9 Å². The number of nitrogens with zero attached hydrogens (tertiary/aromatic N) is 3. The number of benzene rings is 1. The zero-order valence-electron chi connectivity index (χ0n) is 15.2. The van der Waals surface area contributed by atoms with Gasteiger partial charge in [-0.1, -0.05) is 6.07 Å². The monoisotopic (exact) mass is 346 g/mol. The van der Waals surface area contributed by atoms with Gasteiger partial charge in [0, 0.05) is 31.3 Å². The predicted octanol–water partition coefficient (Wildman–Crippen LogP) is 2.87. The fraction of sp³-hybridized carbons (Fsp3) is 0.200. The summed E-state index contributed by atoms with van der Waals surface area (Å²) in [5.41, 5.74) is 4.94. The molecule has 0 amide bonds. The molecule has 0 saturated heterocycles. The van der Waals surface area contributed by atoms with Crippen molar-refractivity contribution in [2.45, 2.75) is 20.3 Å². The Morgan fingerprint density at radius 2 is 2.08 bits per heavy atom. The SMILES string of the molecule is CN/C=C(\C)c1ccc(=N)n(C(=N)Cc2cc3cccnc3cc2C)n1. The molecule has 0 aliphatic carbocycles. The van der Waals surface area contributed by atoms with E-state index in [0.29, 0.717) is 6.42 Å². The van der Waals surface area contributed by atoms with E-state index in [2.05, 4.69) is 21.5 Å². The lowest BCUT2D eigenvalue weighted by molar-refractivity contribution is 0.786. The number of fused-ring (bicyclic) bond motifs is 1. The second kappa shape index (κ2) is 7.31. The molecule has 0 atom stereocenters. The molecule has 3 aromatic rings. The molecule has 26 heavy (non-hydrogen) atoms. The summed E-state index contributed by atoms with van der Waals surface area (Å²) in [6, 6.07) is 11.5. The summed E-state index contributed by atoms with van der Waals surface area (Å²) in [7, 11) is 1.83. The average Bonchev–Trinajstić information content (AvgIpc) is 2.62. The molecule has 0 aliphatic rings. The zero-order valence-corrected chi connectivity index (χ0v) is 15.2. The summed E-state index contributed by atoms with van der Waals surface area (Å²) >= 11 is 0. The third-order valence-electron chi connectivity index (χ3n) is 4.27. The quantitative estimate of drug-likeness (QED) is 0.501. The highest BCUT2D eigenvalue weighted by Crippen LogP contribution is 2.18. The van der Waals surface area contributed by atoms with Crippen molar-refractivity contribution in [3.8, 4) is 0 Å². The highest BCUT2D eigenvalue weighted by molar-refractivity contribution is 5.86. The van der Waals surface area contributed by atoms with Gasteiger partial charge in [0.1, 0.15) is 11.3 Å². The smallest absolute Gasteiger partial charge is 0.148 e. The van der Waals surface area contributed by atoms with Gasteiger partial charge in [-0.3, -0.25) is 15.8 Å². The lowest BCUT2D eigenvalue weighted by Gasteiger charge is -2.12. The third-order valence-corrected chi connectivity index (χ3v) is 4.27. The minimum absolute atomic E-state index is 0.191. The molecular formula is C20H22N6. The second-order valence-corrected chi connectivity index (χ2v) is 6.23. The Morgan fingerprint density at radius 3 is 2.85 bits per heavy atom. The molecule has 0 fully saturated rings. The van der Waals surface area contributed by atoms with E-state index in [1.165, 1.54) is 4.68 Å². The van der Waals surface area contributed by atoms with Crippen LogP contribution in [0.2, 0.25) is 0 Å². The summed E-state index contributed by atoms with van der Waals surface area (Å²) in [6.45, 7) is 3.96. The molecule has 132 valence electrons. The van der Waals surface area contributed by atoms with E-state index >= 15 is 0 Å². The molecule has 0 spiro atoms. The van der Waals surface area contributed by atoms with Crippen LogP contribution >= 0.6 is 0 Å². The molecule has 0 unspecified atom stereocenters. The Bertz CT molecular complexity index is 1060. The fourth-order valence-corrected chi connectivity index (χ4v) is 2.85. The third kappa shape index (κ3) is 3.54. The Hall–Kier alpha value is -3.28. The van der Waals surface area contributed by atoms with E-state index < -0.39 is 0 Å². The molecule has 0 radical (unpaired) electrons. The second-order valence-electron chi connectivity index (χ2n) is 6.23. The van der Waals surface area contributed by atoms with E-state index in [9.17, 15) is 0 Å². The van der Waals surface area contributed by atoms with E-state index in [-0.39, 0.29) is 11.3 Å². The van der Waals surface area contributed by atoms with Gasteiger partial charge in [-0.2, -0.15) is 5.10 Å².